The maximum Gasteiger partial charge on any atom is 0.275 e. The summed E-state index contributed by atoms with van der Waals surface area (Å²) in [6.45, 7) is 6.43. The lowest BCUT2D eigenvalue weighted by Crippen LogP contribution is -2.47. The van der Waals surface area contributed by atoms with E-state index in [9.17, 15) is 4.79 Å². The van der Waals surface area contributed by atoms with Crippen LogP contribution < -0.4 is 5.73 Å². The predicted molar refractivity (Wildman–Crippen MR) is 78.0 cm³/mol. The highest BCUT2D eigenvalue weighted by molar-refractivity contribution is 5.92. The number of ether oxygens (including phenoxy) is 2. The summed E-state index contributed by atoms with van der Waals surface area (Å²) in [7, 11) is 0. The van der Waals surface area contributed by atoms with Crippen LogP contribution in [0, 0.1) is 5.92 Å². The van der Waals surface area contributed by atoms with Crippen LogP contribution in [0.5, 0.6) is 0 Å². The van der Waals surface area contributed by atoms with E-state index < -0.39 is 5.79 Å². The van der Waals surface area contributed by atoms with Crippen LogP contribution in [0.3, 0.4) is 0 Å². The predicted octanol–water partition coefficient (Wildman–Crippen LogP) is 1.31. The first-order valence-electron chi connectivity index (χ1n) is 7.79. The van der Waals surface area contributed by atoms with E-state index in [2.05, 4.69) is 4.98 Å². The Hall–Kier alpha value is -1.44. The van der Waals surface area contributed by atoms with Gasteiger partial charge in [-0.3, -0.25) is 4.79 Å². The van der Waals surface area contributed by atoms with Crippen LogP contribution in [-0.2, 0) is 9.47 Å². The number of carbonyl (C=O) groups is 1. The molecule has 1 unspecified atom stereocenters. The number of carbonyl (C=O) groups excluding carboxylic acids is 1. The number of amides is 1. The molecule has 2 aliphatic heterocycles. The minimum Gasteiger partial charge on any atom is -0.446 e. The molecule has 1 amide bonds. The quantitative estimate of drug-likeness (QED) is 0.905. The fourth-order valence-electron chi connectivity index (χ4n) is 2.82. The molecule has 22 heavy (non-hydrogen) atoms. The fraction of sp³-hybridized carbons (Fsp3) is 0.733. The molecule has 122 valence electrons. The van der Waals surface area contributed by atoms with Crippen LogP contribution in [0.15, 0.2) is 10.7 Å². The van der Waals surface area contributed by atoms with Crippen molar-refractivity contribution in [3.8, 4) is 0 Å². The van der Waals surface area contributed by atoms with Gasteiger partial charge in [-0.1, -0.05) is 13.8 Å². The van der Waals surface area contributed by atoms with Gasteiger partial charge in [0.15, 0.2) is 11.5 Å². The summed E-state index contributed by atoms with van der Waals surface area (Å²) in [6, 6.07) is -0.300. The van der Waals surface area contributed by atoms with E-state index in [1.54, 1.807) is 4.90 Å². The molecule has 2 N–H and O–H groups in total. The van der Waals surface area contributed by atoms with Crippen molar-refractivity contribution < 1.29 is 18.7 Å². The molecule has 0 saturated carbocycles. The van der Waals surface area contributed by atoms with E-state index in [1.807, 2.05) is 13.8 Å². The lowest BCUT2D eigenvalue weighted by molar-refractivity contribution is -0.181. The van der Waals surface area contributed by atoms with Crippen LogP contribution in [0.4, 0.5) is 0 Å². The first-order valence-corrected chi connectivity index (χ1v) is 7.79. The molecule has 2 saturated heterocycles. The van der Waals surface area contributed by atoms with Crippen molar-refractivity contribution in [2.75, 3.05) is 26.3 Å². The molecule has 0 radical (unpaired) electrons. The van der Waals surface area contributed by atoms with Gasteiger partial charge in [0.25, 0.3) is 5.91 Å². The highest BCUT2D eigenvalue weighted by atomic mass is 16.7. The maximum absolute atomic E-state index is 12.5. The summed E-state index contributed by atoms with van der Waals surface area (Å²) in [5.74, 6) is 0.00683. The number of aromatic nitrogens is 1. The van der Waals surface area contributed by atoms with Gasteiger partial charge >= 0.3 is 0 Å². The lowest BCUT2D eigenvalue weighted by atomic mass is 10.0. The summed E-state index contributed by atoms with van der Waals surface area (Å²) < 4.78 is 16.7. The number of hydrogen-bond donors (Lipinski definition) is 1. The van der Waals surface area contributed by atoms with Crippen molar-refractivity contribution in [2.24, 2.45) is 11.7 Å². The molecule has 3 rings (SSSR count). The van der Waals surface area contributed by atoms with Gasteiger partial charge in [0.1, 0.15) is 6.26 Å². The van der Waals surface area contributed by atoms with E-state index in [-0.39, 0.29) is 17.9 Å². The largest absolute Gasteiger partial charge is 0.446 e. The highest BCUT2D eigenvalue weighted by Gasteiger charge is 2.41. The molecular weight excluding hydrogens is 286 g/mol. The van der Waals surface area contributed by atoms with Crippen LogP contribution in [0.1, 0.15) is 49.1 Å². The van der Waals surface area contributed by atoms with Gasteiger partial charge in [0, 0.05) is 25.9 Å². The van der Waals surface area contributed by atoms with Gasteiger partial charge < -0.3 is 24.5 Å². The Kier molecular flexibility index (Phi) is 4.20. The monoisotopic (exact) mass is 309 g/mol. The fourth-order valence-corrected chi connectivity index (χ4v) is 2.82. The second kappa shape index (κ2) is 5.98. The topological polar surface area (TPSA) is 90.8 Å². The number of nitrogens with zero attached hydrogens (tertiary/aromatic N) is 2. The Balaban J connectivity index is 1.63. The molecule has 7 nitrogen and oxygen atoms in total. The Bertz CT molecular complexity index is 527. The number of piperidine rings is 1. The average Bonchev–Trinajstić information content (AvgIpc) is 3.16. The smallest absolute Gasteiger partial charge is 0.275 e. The molecule has 7 heteroatoms. The van der Waals surface area contributed by atoms with Crippen molar-refractivity contribution >= 4 is 5.91 Å². The van der Waals surface area contributed by atoms with Crippen molar-refractivity contribution in [3.05, 3.63) is 17.8 Å². The van der Waals surface area contributed by atoms with Crippen LogP contribution in [-0.4, -0.2) is 47.9 Å². The average molecular weight is 309 g/mol. The highest BCUT2D eigenvalue weighted by Crippen LogP contribution is 2.31. The van der Waals surface area contributed by atoms with E-state index in [1.165, 1.54) is 6.26 Å². The zero-order chi connectivity index (χ0) is 15.7. The van der Waals surface area contributed by atoms with Gasteiger partial charge in [-0.2, -0.15) is 0 Å². The minimum atomic E-state index is -0.480. The molecular formula is C15H23N3O4. The Morgan fingerprint density at radius 2 is 1.95 bits per heavy atom. The molecule has 0 bridgehead atoms. The lowest BCUT2D eigenvalue weighted by Gasteiger charge is -2.37. The summed E-state index contributed by atoms with van der Waals surface area (Å²) in [6.07, 6.45) is 2.77. The molecule has 1 aromatic rings. The van der Waals surface area contributed by atoms with Crippen molar-refractivity contribution in [2.45, 2.75) is 38.5 Å². The number of rotatable bonds is 3. The van der Waals surface area contributed by atoms with Gasteiger partial charge in [-0.05, 0) is 5.92 Å². The molecule has 1 atom stereocenters. The van der Waals surface area contributed by atoms with E-state index in [4.69, 9.17) is 19.6 Å². The van der Waals surface area contributed by atoms with Gasteiger partial charge in [0.05, 0.1) is 19.3 Å². The van der Waals surface area contributed by atoms with Crippen LogP contribution >= 0.6 is 0 Å². The number of nitrogens with two attached hydrogens (primary N) is 1. The van der Waals surface area contributed by atoms with E-state index in [0.29, 0.717) is 50.7 Å². The molecule has 2 aliphatic rings. The Morgan fingerprint density at radius 3 is 2.55 bits per heavy atom. The molecule has 1 aromatic heterocycles. The number of hydrogen-bond acceptors (Lipinski definition) is 6. The first-order chi connectivity index (χ1) is 10.5. The second-order valence-corrected chi connectivity index (χ2v) is 6.24. The molecule has 1 spiro atoms. The van der Waals surface area contributed by atoms with E-state index in [0.717, 1.165) is 0 Å². The maximum atomic E-state index is 12.5. The zero-order valence-corrected chi connectivity index (χ0v) is 13.1. The van der Waals surface area contributed by atoms with Gasteiger partial charge in [-0.15, -0.1) is 0 Å². The Morgan fingerprint density at radius 1 is 1.32 bits per heavy atom. The number of likely N-dealkylation sites (tertiary alicyclic amines) is 1. The van der Waals surface area contributed by atoms with E-state index >= 15 is 0 Å². The third-order valence-corrected chi connectivity index (χ3v) is 4.37. The second-order valence-electron chi connectivity index (χ2n) is 6.24. The van der Waals surface area contributed by atoms with Gasteiger partial charge in [0.2, 0.25) is 5.89 Å². The minimum absolute atomic E-state index is 0.126. The summed E-state index contributed by atoms with van der Waals surface area (Å²) >= 11 is 0. The first kappa shape index (κ1) is 15.5. The normalized spacial score (nSPS) is 22.5. The van der Waals surface area contributed by atoms with Gasteiger partial charge in [-0.25, -0.2) is 4.98 Å². The zero-order valence-electron chi connectivity index (χ0n) is 13.1. The van der Waals surface area contributed by atoms with Crippen LogP contribution in [0.25, 0.3) is 0 Å². The number of oxazole rings is 1. The third kappa shape index (κ3) is 2.88. The molecule has 0 aliphatic carbocycles. The third-order valence-electron chi connectivity index (χ3n) is 4.37. The summed E-state index contributed by atoms with van der Waals surface area (Å²) in [5, 5.41) is 0. The van der Waals surface area contributed by atoms with Crippen molar-refractivity contribution in [1.82, 2.24) is 9.88 Å². The Labute approximate surface area is 129 Å². The standard InChI is InChI=1S/C15H23N3O4/c1-10(2)12(16)13-17-11(9-20-13)14(19)18-5-3-15(4-6-18)21-7-8-22-15/h9-10,12H,3-8,16H2,1-2H3. The SMILES string of the molecule is CC(C)C(N)c1nc(C(=O)N2CCC3(CC2)OCCO3)co1. The summed E-state index contributed by atoms with van der Waals surface area (Å²) in [5.41, 5.74) is 6.31. The van der Waals surface area contributed by atoms with Crippen molar-refractivity contribution in [3.63, 3.8) is 0 Å². The molecule has 2 fully saturated rings. The van der Waals surface area contributed by atoms with Crippen LogP contribution in [0.2, 0.25) is 0 Å². The van der Waals surface area contributed by atoms with Crippen molar-refractivity contribution in [1.29, 1.82) is 0 Å². The summed E-state index contributed by atoms with van der Waals surface area (Å²) in [4.78, 5) is 18.5. The molecule has 3 heterocycles. The molecule has 0 aromatic carbocycles.